The molecule has 1 unspecified atom stereocenters. The van der Waals surface area contributed by atoms with Gasteiger partial charge in [0.05, 0.1) is 25.2 Å². The SMILES string of the molecule is COCCOc1ccc(C2(c3ccc(OCCCOP(C)(=O)c4ccccc4)cc3)c3ccccc3-c3ccccc32)cc1. The molecule has 1 aliphatic carbocycles. The van der Waals surface area contributed by atoms with E-state index in [1.165, 1.54) is 27.8 Å². The molecule has 0 N–H and O–H groups in total. The first-order chi connectivity index (χ1) is 21.5. The second-order valence-electron chi connectivity index (χ2n) is 10.9. The monoisotopic (exact) mass is 604 g/mol. The molecule has 0 fully saturated rings. The van der Waals surface area contributed by atoms with Gasteiger partial charge >= 0.3 is 0 Å². The second kappa shape index (κ2) is 13.2. The molecule has 44 heavy (non-hydrogen) atoms. The van der Waals surface area contributed by atoms with E-state index < -0.39 is 12.8 Å². The lowest BCUT2D eigenvalue weighted by molar-refractivity contribution is 0.146. The lowest BCUT2D eigenvalue weighted by Crippen LogP contribution is -2.28. The molecule has 5 aromatic carbocycles. The Bertz CT molecular complexity index is 1690. The van der Waals surface area contributed by atoms with Crippen LogP contribution in [-0.4, -0.2) is 40.2 Å². The Kier molecular flexibility index (Phi) is 8.99. The summed E-state index contributed by atoms with van der Waals surface area (Å²) >= 11 is 0. The molecule has 5 nitrogen and oxygen atoms in total. The summed E-state index contributed by atoms with van der Waals surface area (Å²) in [6.07, 6.45) is 0.635. The maximum Gasteiger partial charge on any atom is 0.229 e. The standard InChI is InChI=1S/C38H37O5P/c1-40-27-28-42-32-23-19-30(20-24-32)38(36-15-8-6-13-34(36)35-14-7-9-16-37(35)38)29-17-21-31(22-18-29)41-25-10-26-43-44(2,39)33-11-4-3-5-12-33/h3-9,11-24H,10,25-28H2,1-2H3. The third kappa shape index (κ3) is 5.84. The Balaban J connectivity index is 1.24. The fourth-order valence-corrected chi connectivity index (χ4v) is 7.47. The summed E-state index contributed by atoms with van der Waals surface area (Å²) in [6.45, 7) is 3.54. The summed E-state index contributed by atoms with van der Waals surface area (Å²) in [5, 5.41) is 0.730. The molecule has 0 amide bonds. The maximum atomic E-state index is 12.9. The molecule has 0 saturated heterocycles. The van der Waals surface area contributed by atoms with Crippen molar-refractivity contribution in [2.24, 2.45) is 0 Å². The number of ether oxygens (including phenoxy) is 3. The number of rotatable bonds is 13. The second-order valence-corrected chi connectivity index (χ2v) is 13.4. The fraction of sp³-hybridized carbons (Fsp3) is 0.211. The largest absolute Gasteiger partial charge is 0.494 e. The van der Waals surface area contributed by atoms with Gasteiger partial charge in [0.25, 0.3) is 0 Å². The molecule has 0 aromatic heterocycles. The van der Waals surface area contributed by atoms with Crippen LogP contribution in [0.4, 0.5) is 0 Å². The normalized spacial score (nSPS) is 14.3. The molecular formula is C38H37O5P. The highest BCUT2D eigenvalue weighted by Crippen LogP contribution is 2.56. The van der Waals surface area contributed by atoms with E-state index in [0.717, 1.165) is 22.4 Å². The minimum absolute atomic E-state index is 0.364. The zero-order chi connectivity index (χ0) is 30.4. The van der Waals surface area contributed by atoms with Gasteiger partial charge < -0.3 is 18.7 Å². The van der Waals surface area contributed by atoms with E-state index >= 15 is 0 Å². The highest BCUT2D eigenvalue weighted by atomic mass is 31.2. The molecule has 0 saturated carbocycles. The van der Waals surface area contributed by atoms with Gasteiger partial charge in [-0.25, -0.2) is 0 Å². The molecule has 0 spiro atoms. The Labute approximate surface area is 259 Å². The lowest BCUT2D eigenvalue weighted by atomic mass is 9.68. The van der Waals surface area contributed by atoms with Crippen LogP contribution in [0.2, 0.25) is 0 Å². The average Bonchev–Trinajstić information content (AvgIpc) is 3.37. The molecule has 5 aromatic rings. The number of hydrogen-bond donors (Lipinski definition) is 0. The van der Waals surface area contributed by atoms with Crippen molar-refractivity contribution >= 4 is 12.7 Å². The highest BCUT2D eigenvalue weighted by molar-refractivity contribution is 7.66. The number of benzene rings is 5. The summed E-state index contributed by atoms with van der Waals surface area (Å²) in [5.41, 5.74) is 6.82. The van der Waals surface area contributed by atoms with Gasteiger partial charge in [0.2, 0.25) is 7.37 Å². The topological polar surface area (TPSA) is 54.0 Å². The van der Waals surface area contributed by atoms with Crippen molar-refractivity contribution in [3.05, 3.63) is 150 Å². The van der Waals surface area contributed by atoms with Crippen LogP contribution in [0.1, 0.15) is 28.7 Å². The number of hydrogen-bond acceptors (Lipinski definition) is 5. The first-order valence-corrected chi connectivity index (χ1v) is 17.0. The quantitative estimate of drug-likeness (QED) is 0.0985. The molecule has 224 valence electrons. The van der Waals surface area contributed by atoms with Crippen LogP contribution in [0.5, 0.6) is 11.5 Å². The summed E-state index contributed by atoms with van der Waals surface area (Å²) < 4.78 is 35.8. The van der Waals surface area contributed by atoms with Gasteiger partial charge in [0.1, 0.15) is 18.1 Å². The molecule has 0 bridgehead atoms. The number of methoxy groups -OCH3 is 1. The van der Waals surface area contributed by atoms with Gasteiger partial charge in [-0.3, -0.25) is 4.57 Å². The molecule has 6 heteroatoms. The minimum atomic E-state index is -2.85. The zero-order valence-electron chi connectivity index (χ0n) is 25.1. The van der Waals surface area contributed by atoms with Crippen molar-refractivity contribution in [3.63, 3.8) is 0 Å². The molecule has 0 aliphatic heterocycles. The van der Waals surface area contributed by atoms with Gasteiger partial charge in [0.15, 0.2) is 0 Å². The van der Waals surface area contributed by atoms with Crippen molar-refractivity contribution in [2.45, 2.75) is 11.8 Å². The Morgan fingerprint density at radius 1 is 0.568 bits per heavy atom. The van der Waals surface area contributed by atoms with Crippen LogP contribution in [-0.2, 0) is 19.2 Å². The minimum Gasteiger partial charge on any atom is -0.494 e. The summed E-state index contributed by atoms with van der Waals surface area (Å²) in [7, 11) is -1.17. The van der Waals surface area contributed by atoms with Crippen LogP contribution in [0.3, 0.4) is 0 Å². The third-order valence-corrected chi connectivity index (χ3v) is 10.1. The van der Waals surface area contributed by atoms with Gasteiger partial charge in [-0.05, 0) is 69.8 Å². The first-order valence-electron chi connectivity index (χ1n) is 15.0. The van der Waals surface area contributed by atoms with Gasteiger partial charge in [-0.1, -0.05) is 91.0 Å². The summed E-state index contributed by atoms with van der Waals surface area (Å²) in [5.74, 6) is 1.60. The average molecular weight is 605 g/mol. The maximum absolute atomic E-state index is 12.9. The Morgan fingerprint density at radius 3 is 1.61 bits per heavy atom. The van der Waals surface area contributed by atoms with Crippen molar-refractivity contribution in [1.82, 2.24) is 0 Å². The fourth-order valence-electron chi connectivity index (χ4n) is 6.13. The predicted molar refractivity (Wildman–Crippen MR) is 177 cm³/mol. The lowest BCUT2D eigenvalue weighted by Gasteiger charge is -2.34. The summed E-state index contributed by atoms with van der Waals surface area (Å²) in [4.78, 5) is 0. The smallest absolute Gasteiger partial charge is 0.229 e. The third-order valence-electron chi connectivity index (χ3n) is 8.20. The predicted octanol–water partition coefficient (Wildman–Crippen LogP) is 8.09. The van der Waals surface area contributed by atoms with Gasteiger partial charge in [-0.15, -0.1) is 0 Å². The van der Waals surface area contributed by atoms with Crippen LogP contribution in [0.25, 0.3) is 11.1 Å². The molecule has 1 atom stereocenters. The van der Waals surface area contributed by atoms with E-state index in [0.29, 0.717) is 32.8 Å². The van der Waals surface area contributed by atoms with Crippen LogP contribution < -0.4 is 14.8 Å². The van der Waals surface area contributed by atoms with Gasteiger partial charge in [0, 0.05) is 25.5 Å². The zero-order valence-corrected chi connectivity index (χ0v) is 26.0. The molecule has 1 aliphatic rings. The van der Waals surface area contributed by atoms with Gasteiger partial charge in [-0.2, -0.15) is 0 Å². The molecular weight excluding hydrogens is 567 g/mol. The van der Waals surface area contributed by atoms with E-state index in [1.807, 2.05) is 54.6 Å². The molecule has 0 heterocycles. The number of fused-ring (bicyclic) bond motifs is 3. The van der Waals surface area contributed by atoms with Crippen molar-refractivity contribution in [2.75, 3.05) is 40.2 Å². The van der Waals surface area contributed by atoms with Crippen LogP contribution in [0.15, 0.2) is 127 Å². The Morgan fingerprint density at radius 2 is 1.07 bits per heavy atom. The van der Waals surface area contributed by atoms with E-state index in [-0.39, 0.29) is 0 Å². The molecule has 6 rings (SSSR count). The van der Waals surface area contributed by atoms with Crippen molar-refractivity contribution < 1.29 is 23.3 Å². The van der Waals surface area contributed by atoms with E-state index in [1.54, 1.807) is 13.8 Å². The van der Waals surface area contributed by atoms with E-state index in [2.05, 4.69) is 72.8 Å². The highest BCUT2D eigenvalue weighted by Gasteiger charge is 2.45. The van der Waals surface area contributed by atoms with E-state index in [9.17, 15) is 4.57 Å². The summed E-state index contributed by atoms with van der Waals surface area (Å²) in [6, 6.07) is 43.6. The van der Waals surface area contributed by atoms with Crippen LogP contribution in [0, 0.1) is 0 Å². The van der Waals surface area contributed by atoms with Crippen molar-refractivity contribution in [1.29, 1.82) is 0 Å². The van der Waals surface area contributed by atoms with E-state index in [4.69, 9.17) is 18.7 Å². The van der Waals surface area contributed by atoms with Crippen LogP contribution >= 0.6 is 7.37 Å². The Hall–Kier alpha value is -4.15. The van der Waals surface area contributed by atoms with Crippen molar-refractivity contribution in [3.8, 4) is 22.6 Å². The first kappa shape index (κ1) is 29.9. The molecule has 0 radical (unpaired) electrons.